The van der Waals surface area contributed by atoms with Crippen molar-refractivity contribution < 1.29 is 13.9 Å². The first-order valence-corrected chi connectivity index (χ1v) is 13.0. The monoisotopic (exact) mass is 499 g/mol. The van der Waals surface area contributed by atoms with Gasteiger partial charge in [-0.1, -0.05) is 32.0 Å². The van der Waals surface area contributed by atoms with Crippen LogP contribution < -0.4 is 10.1 Å². The molecular formula is C26H37N5O3S. The number of hydrogen-bond donors (Lipinski definition) is 1. The Labute approximate surface area is 213 Å². The summed E-state index contributed by atoms with van der Waals surface area (Å²) in [6.45, 7) is 6.70. The molecule has 0 bridgehead atoms. The SMILES string of the molecule is CC.CN(C)CCN(C)CC(=O)Nc1ccc(-c2nnc(CSCCOc3ccccc3)o2)cc1. The van der Waals surface area contributed by atoms with E-state index in [0.717, 1.165) is 35.8 Å². The first-order valence-electron chi connectivity index (χ1n) is 11.8. The molecule has 35 heavy (non-hydrogen) atoms. The van der Waals surface area contributed by atoms with Gasteiger partial charge in [0.1, 0.15) is 5.75 Å². The van der Waals surface area contributed by atoms with Gasteiger partial charge in [0.15, 0.2) is 0 Å². The molecule has 3 aromatic rings. The van der Waals surface area contributed by atoms with Gasteiger partial charge in [0.25, 0.3) is 0 Å². The van der Waals surface area contributed by atoms with Crippen molar-refractivity contribution in [1.82, 2.24) is 20.0 Å². The van der Waals surface area contributed by atoms with Gasteiger partial charge in [-0.2, -0.15) is 0 Å². The minimum absolute atomic E-state index is 0.0441. The molecule has 0 unspecified atom stereocenters. The number of carbonyl (C=O) groups is 1. The predicted molar refractivity (Wildman–Crippen MR) is 144 cm³/mol. The van der Waals surface area contributed by atoms with Crippen LogP contribution in [0.4, 0.5) is 5.69 Å². The minimum atomic E-state index is -0.0441. The lowest BCUT2D eigenvalue weighted by Gasteiger charge is -2.18. The summed E-state index contributed by atoms with van der Waals surface area (Å²) in [7, 11) is 5.97. The number of amides is 1. The van der Waals surface area contributed by atoms with E-state index in [0.29, 0.717) is 30.7 Å². The Kier molecular flexibility index (Phi) is 12.9. The Hall–Kier alpha value is -2.88. The molecule has 9 heteroatoms. The zero-order chi connectivity index (χ0) is 25.5. The molecule has 0 saturated carbocycles. The third kappa shape index (κ3) is 10.9. The molecule has 1 N–H and O–H groups in total. The summed E-state index contributed by atoms with van der Waals surface area (Å²) < 4.78 is 11.5. The Morgan fingerprint density at radius 3 is 2.40 bits per heavy atom. The van der Waals surface area contributed by atoms with E-state index in [1.54, 1.807) is 11.8 Å². The Morgan fingerprint density at radius 2 is 1.71 bits per heavy atom. The molecule has 0 aliphatic rings. The van der Waals surface area contributed by atoms with Crippen LogP contribution in [0.15, 0.2) is 59.0 Å². The number of aromatic nitrogens is 2. The molecule has 1 aromatic heterocycles. The number of rotatable bonds is 13. The molecule has 0 aliphatic carbocycles. The summed E-state index contributed by atoms with van der Waals surface area (Å²) in [5.74, 6) is 3.32. The summed E-state index contributed by atoms with van der Waals surface area (Å²) in [6, 6.07) is 17.2. The molecule has 2 aromatic carbocycles. The van der Waals surface area contributed by atoms with E-state index >= 15 is 0 Å². The van der Waals surface area contributed by atoms with Crippen molar-refractivity contribution >= 4 is 23.4 Å². The molecule has 8 nitrogen and oxygen atoms in total. The van der Waals surface area contributed by atoms with Gasteiger partial charge in [-0.15, -0.1) is 22.0 Å². The fraction of sp³-hybridized carbons (Fsp3) is 0.423. The van der Waals surface area contributed by atoms with E-state index in [1.807, 2.05) is 94.5 Å². The van der Waals surface area contributed by atoms with Crippen LogP contribution in [0.5, 0.6) is 5.75 Å². The van der Waals surface area contributed by atoms with Gasteiger partial charge in [-0.3, -0.25) is 9.69 Å². The van der Waals surface area contributed by atoms with Crippen molar-refractivity contribution in [2.75, 3.05) is 58.5 Å². The maximum absolute atomic E-state index is 12.2. The highest BCUT2D eigenvalue weighted by molar-refractivity contribution is 7.98. The van der Waals surface area contributed by atoms with E-state index in [4.69, 9.17) is 9.15 Å². The van der Waals surface area contributed by atoms with Gasteiger partial charge in [0.05, 0.1) is 18.9 Å². The number of likely N-dealkylation sites (N-methyl/N-ethyl adjacent to an activating group) is 2. The highest BCUT2D eigenvalue weighted by Crippen LogP contribution is 2.22. The van der Waals surface area contributed by atoms with Crippen LogP contribution in [0, 0.1) is 0 Å². The van der Waals surface area contributed by atoms with Crippen molar-refractivity contribution in [3.63, 3.8) is 0 Å². The molecule has 0 spiro atoms. The van der Waals surface area contributed by atoms with Crippen LogP contribution in [0.3, 0.4) is 0 Å². The van der Waals surface area contributed by atoms with E-state index < -0.39 is 0 Å². The zero-order valence-corrected chi connectivity index (χ0v) is 22.2. The molecule has 1 amide bonds. The lowest BCUT2D eigenvalue weighted by molar-refractivity contribution is -0.117. The van der Waals surface area contributed by atoms with Gasteiger partial charge >= 0.3 is 0 Å². The second-order valence-electron chi connectivity index (χ2n) is 7.88. The molecule has 0 radical (unpaired) electrons. The molecule has 3 rings (SSSR count). The van der Waals surface area contributed by atoms with Crippen LogP contribution in [0.1, 0.15) is 19.7 Å². The van der Waals surface area contributed by atoms with Crippen molar-refractivity contribution in [3.05, 3.63) is 60.5 Å². The third-order valence-corrected chi connectivity index (χ3v) is 5.60. The molecule has 0 atom stereocenters. The average Bonchev–Trinajstić information content (AvgIpc) is 3.34. The maximum atomic E-state index is 12.2. The lowest BCUT2D eigenvalue weighted by Crippen LogP contribution is -2.34. The van der Waals surface area contributed by atoms with Crippen molar-refractivity contribution in [2.45, 2.75) is 19.6 Å². The van der Waals surface area contributed by atoms with E-state index in [1.165, 1.54) is 0 Å². The first kappa shape index (κ1) is 28.4. The molecule has 0 saturated heterocycles. The number of nitrogens with zero attached hydrogens (tertiary/aromatic N) is 4. The normalized spacial score (nSPS) is 10.7. The number of thioether (sulfide) groups is 1. The van der Waals surface area contributed by atoms with Crippen molar-refractivity contribution in [1.29, 1.82) is 0 Å². The lowest BCUT2D eigenvalue weighted by atomic mass is 10.2. The number of hydrogen-bond acceptors (Lipinski definition) is 8. The number of carbonyl (C=O) groups excluding carboxylic acids is 1. The predicted octanol–water partition coefficient (Wildman–Crippen LogP) is 4.51. The van der Waals surface area contributed by atoms with Crippen molar-refractivity contribution in [3.8, 4) is 17.2 Å². The summed E-state index contributed by atoms with van der Waals surface area (Å²) in [5, 5.41) is 11.2. The molecular weight excluding hydrogens is 462 g/mol. The second-order valence-corrected chi connectivity index (χ2v) is 8.99. The number of para-hydroxylation sites is 1. The van der Waals surface area contributed by atoms with Gasteiger partial charge in [0, 0.05) is 30.1 Å². The summed E-state index contributed by atoms with van der Waals surface area (Å²) in [5.41, 5.74) is 1.55. The molecule has 1 heterocycles. The smallest absolute Gasteiger partial charge is 0.247 e. The Balaban J connectivity index is 0.00000210. The highest BCUT2D eigenvalue weighted by atomic mass is 32.2. The van der Waals surface area contributed by atoms with Gasteiger partial charge in [0.2, 0.25) is 17.7 Å². The number of anilines is 1. The molecule has 190 valence electrons. The highest BCUT2D eigenvalue weighted by Gasteiger charge is 2.10. The number of nitrogens with one attached hydrogen (secondary N) is 1. The second kappa shape index (κ2) is 15.9. The van der Waals surface area contributed by atoms with Crippen molar-refractivity contribution in [2.24, 2.45) is 0 Å². The summed E-state index contributed by atoms with van der Waals surface area (Å²) >= 11 is 1.68. The third-order valence-electron chi connectivity index (χ3n) is 4.69. The number of benzene rings is 2. The van der Waals surface area contributed by atoms with E-state index in [2.05, 4.69) is 20.4 Å². The fourth-order valence-corrected chi connectivity index (χ4v) is 3.55. The van der Waals surface area contributed by atoms with Crippen LogP contribution in [0.25, 0.3) is 11.5 Å². The molecule has 0 aliphatic heterocycles. The van der Waals surface area contributed by atoms with E-state index in [-0.39, 0.29) is 5.91 Å². The number of ether oxygens (including phenoxy) is 1. The zero-order valence-electron chi connectivity index (χ0n) is 21.4. The standard InChI is InChI=1S/C24H31N5O3S.C2H6/c1-28(2)13-14-29(3)17-22(30)25-20-11-9-19(10-12-20)24-27-26-23(32-24)18-33-16-15-31-21-7-5-4-6-8-21;1-2/h4-12H,13-18H2,1-3H3,(H,25,30);1-2H3. The van der Waals surface area contributed by atoms with Gasteiger partial charge in [-0.25, -0.2) is 0 Å². The summed E-state index contributed by atoms with van der Waals surface area (Å²) in [4.78, 5) is 16.3. The van der Waals surface area contributed by atoms with Crippen LogP contribution in [0.2, 0.25) is 0 Å². The Morgan fingerprint density at radius 1 is 1.00 bits per heavy atom. The van der Waals surface area contributed by atoms with Crippen LogP contribution in [-0.4, -0.2) is 79.0 Å². The quantitative estimate of drug-likeness (QED) is 0.344. The average molecular weight is 500 g/mol. The van der Waals surface area contributed by atoms with E-state index in [9.17, 15) is 4.79 Å². The Bertz CT molecular complexity index is 980. The largest absolute Gasteiger partial charge is 0.493 e. The van der Waals surface area contributed by atoms with Gasteiger partial charge in [-0.05, 0) is 57.5 Å². The molecule has 0 fully saturated rings. The summed E-state index contributed by atoms with van der Waals surface area (Å²) in [6.07, 6.45) is 0. The maximum Gasteiger partial charge on any atom is 0.247 e. The minimum Gasteiger partial charge on any atom is -0.493 e. The van der Waals surface area contributed by atoms with Crippen LogP contribution in [-0.2, 0) is 10.5 Å². The van der Waals surface area contributed by atoms with Crippen LogP contribution >= 0.6 is 11.8 Å². The van der Waals surface area contributed by atoms with Gasteiger partial charge < -0.3 is 19.4 Å². The fourth-order valence-electron chi connectivity index (χ4n) is 2.91. The topological polar surface area (TPSA) is 83.7 Å². The first-order chi connectivity index (χ1) is 17.0.